The summed E-state index contributed by atoms with van der Waals surface area (Å²) in [7, 11) is 1.81. The van der Waals surface area contributed by atoms with E-state index in [1.807, 2.05) is 13.1 Å². The number of amides is 1. The summed E-state index contributed by atoms with van der Waals surface area (Å²) in [5.41, 5.74) is 7.46. The number of primary amides is 1. The summed E-state index contributed by atoms with van der Waals surface area (Å²) in [6.45, 7) is 1.79. The van der Waals surface area contributed by atoms with Crippen LogP contribution in [0.3, 0.4) is 0 Å². The molecule has 3 heterocycles. The van der Waals surface area contributed by atoms with Crippen molar-refractivity contribution in [1.29, 1.82) is 0 Å². The molecular formula is C11H13N7O. The first-order valence-electron chi connectivity index (χ1n) is 5.74. The number of allylic oxidation sites excluding steroid dienone is 1. The van der Waals surface area contributed by atoms with E-state index in [-0.39, 0.29) is 0 Å². The summed E-state index contributed by atoms with van der Waals surface area (Å²) in [6.07, 6.45) is 3.10. The highest BCUT2D eigenvalue weighted by atomic mass is 16.1. The summed E-state index contributed by atoms with van der Waals surface area (Å²) in [5.74, 6) is 0.0889. The Morgan fingerprint density at radius 2 is 2.26 bits per heavy atom. The number of fused-ring (bicyclic) bond motifs is 1. The van der Waals surface area contributed by atoms with Crippen LogP contribution in [0.5, 0.6) is 0 Å². The second kappa shape index (κ2) is 3.94. The molecular weight excluding hydrogens is 246 g/mol. The first-order chi connectivity index (χ1) is 9.09. The van der Waals surface area contributed by atoms with Gasteiger partial charge in [-0.3, -0.25) is 9.48 Å². The van der Waals surface area contributed by atoms with Crippen molar-refractivity contribution < 1.29 is 4.79 Å². The Morgan fingerprint density at radius 3 is 2.89 bits per heavy atom. The van der Waals surface area contributed by atoms with E-state index in [0.29, 0.717) is 17.2 Å². The molecule has 3 rings (SSSR count). The van der Waals surface area contributed by atoms with Gasteiger partial charge in [0.1, 0.15) is 12.4 Å². The molecule has 0 unspecified atom stereocenters. The number of nitrogens with two attached hydrogens (primary N) is 1. The molecule has 1 aliphatic rings. The Kier molecular flexibility index (Phi) is 2.37. The highest BCUT2D eigenvalue weighted by Crippen LogP contribution is 2.33. The van der Waals surface area contributed by atoms with Crippen molar-refractivity contribution in [3.8, 4) is 0 Å². The molecule has 0 saturated carbocycles. The molecule has 0 bridgehead atoms. The van der Waals surface area contributed by atoms with Crippen LogP contribution < -0.4 is 11.1 Å². The normalized spacial score (nSPS) is 18.1. The zero-order chi connectivity index (χ0) is 13.6. The summed E-state index contributed by atoms with van der Waals surface area (Å²) < 4.78 is 3.32. The van der Waals surface area contributed by atoms with Crippen LogP contribution in [-0.4, -0.2) is 30.5 Å². The SMILES string of the molecule is CC1=C(C(N)=O)[C@@H](c2ccnn2C)n2ncnc2N1. The third kappa shape index (κ3) is 1.60. The Morgan fingerprint density at radius 1 is 1.47 bits per heavy atom. The average Bonchev–Trinajstić information content (AvgIpc) is 2.95. The number of anilines is 1. The average molecular weight is 259 g/mol. The first-order valence-corrected chi connectivity index (χ1v) is 5.74. The van der Waals surface area contributed by atoms with Crippen LogP contribution in [0.2, 0.25) is 0 Å². The molecule has 8 nitrogen and oxygen atoms in total. The molecule has 1 atom stereocenters. The van der Waals surface area contributed by atoms with Crippen LogP contribution in [0.1, 0.15) is 18.7 Å². The second-order valence-corrected chi connectivity index (χ2v) is 4.34. The lowest BCUT2D eigenvalue weighted by molar-refractivity contribution is -0.115. The molecule has 1 aliphatic heterocycles. The molecule has 98 valence electrons. The molecule has 0 saturated heterocycles. The number of rotatable bonds is 2. The van der Waals surface area contributed by atoms with Gasteiger partial charge in [-0.1, -0.05) is 0 Å². The van der Waals surface area contributed by atoms with Gasteiger partial charge in [-0.15, -0.1) is 0 Å². The molecule has 0 radical (unpaired) electrons. The zero-order valence-electron chi connectivity index (χ0n) is 10.5. The fraction of sp³-hybridized carbons (Fsp3) is 0.273. The molecule has 2 aromatic rings. The molecule has 1 amide bonds. The van der Waals surface area contributed by atoms with E-state index in [2.05, 4.69) is 20.5 Å². The minimum Gasteiger partial charge on any atom is -0.366 e. The van der Waals surface area contributed by atoms with Crippen molar-refractivity contribution in [2.75, 3.05) is 5.32 Å². The van der Waals surface area contributed by atoms with E-state index >= 15 is 0 Å². The molecule has 8 heteroatoms. The van der Waals surface area contributed by atoms with E-state index in [1.165, 1.54) is 6.33 Å². The summed E-state index contributed by atoms with van der Waals surface area (Å²) in [6, 6.07) is 1.42. The van der Waals surface area contributed by atoms with E-state index in [9.17, 15) is 4.79 Å². The topological polar surface area (TPSA) is 104 Å². The van der Waals surface area contributed by atoms with E-state index in [4.69, 9.17) is 5.73 Å². The summed E-state index contributed by atoms with van der Waals surface area (Å²) in [5, 5.41) is 11.3. The van der Waals surface area contributed by atoms with Crippen LogP contribution in [-0.2, 0) is 11.8 Å². The Balaban J connectivity index is 2.24. The van der Waals surface area contributed by atoms with Gasteiger partial charge in [0.15, 0.2) is 0 Å². The summed E-state index contributed by atoms with van der Waals surface area (Å²) >= 11 is 0. The minimum atomic E-state index is -0.489. The number of carbonyl (C=O) groups excluding carboxylic acids is 1. The van der Waals surface area contributed by atoms with E-state index < -0.39 is 11.9 Å². The largest absolute Gasteiger partial charge is 0.366 e. The number of aromatic nitrogens is 5. The number of hydrogen-bond acceptors (Lipinski definition) is 5. The number of nitrogens with zero attached hydrogens (tertiary/aromatic N) is 5. The highest BCUT2D eigenvalue weighted by molar-refractivity contribution is 5.95. The second-order valence-electron chi connectivity index (χ2n) is 4.34. The van der Waals surface area contributed by atoms with Gasteiger partial charge in [-0.2, -0.15) is 15.2 Å². The maximum Gasteiger partial charge on any atom is 0.248 e. The van der Waals surface area contributed by atoms with Crippen molar-refractivity contribution in [2.24, 2.45) is 12.8 Å². The molecule has 3 N–H and O–H groups in total. The van der Waals surface area contributed by atoms with Gasteiger partial charge in [0.25, 0.3) is 0 Å². The van der Waals surface area contributed by atoms with Crippen molar-refractivity contribution >= 4 is 11.9 Å². The van der Waals surface area contributed by atoms with Crippen molar-refractivity contribution in [3.63, 3.8) is 0 Å². The Hall–Kier alpha value is -2.64. The fourth-order valence-electron chi connectivity index (χ4n) is 2.34. The van der Waals surface area contributed by atoms with Crippen LogP contribution in [0.4, 0.5) is 5.95 Å². The highest BCUT2D eigenvalue weighted by Gasteiger charge is 2.33. The van der Waals surface area contributed by atoms with Gasteiger partial charge >= 0.3 is 0 Å². The number of hydrogen-bond donors (Lipinski definition) is 2. The Labute approximate surface area is 108 Å². The van der Waals surface area contributed by atoms with Crippen molar-refractivity contribution in [2.45, 2.75) is 13.0 Å². The molecule has 0 aromatic carbocycles. The number of aryl methyl sites for hydroxylation is 1. The van der Waals surface area contributed by atoms with Gasteiger partial charge < -0.3 is 11.1 Å². The minimum absolute atomic E-state index is 0.413. The fourth-order valence-corrected chi connectivity index (χ4v) is 2.34. The first kappa shape index (κ1) is 11.5. The zero-order valence-corrected chi connectivity index (χ0v) is 10.5. The lowest BCUT2D eigenvalue weighted by atomic mass is 10.00. The standard InChI is InChI=1S/C11H13N7O/c1-6-8(10(12)19)9(7-3-4-14-17(7)2)18-11(16-6)13-5-15-18/h3-5,9H,1-2H3,(H2,12,19)(H,13,15,16)/t9-/m1/s1. The lowest BCUT2D eigenvalue weighted by Gasteiger charge is -2.27. The van der Waals surface area contributed by atoms with Gasteiger partial charge in [-0.25, -0.2) is 4.68 Å². The third-order valence-electron chi connectivity index (χ3n) is 3.20. The maximum absolute atomic E-state index is 11.7. The quantitative estimate of drug-likeness (QED) is 0.776. The molecule has 0 aliphatic carbocycles. The van der Waals surface area contributed by atoms with Gasteiger partial charge in [0.05, 0.1) is 11.3 Å². The summed E-state index contributed by atoms with van der Waals surface area (Å²) in [4.78, 5) is 15.9. The number of carbonyl (C=O) groups is 1. The molecule has 0 fully saturated rings. The van der Waals surface area contributed by atoms with E-state index in [0.717, 1.165) is 5.69 Å². The number of nitrogens with one attached hydrogen (secondary N) is 1. The monoisotopic (exact) mass is 259 g/mol. The van der Waals surface area contributed by atoms with Crippen LogP contribution in [0, 0.1) is 0 Å². The third-order valence-corrected chi connectivity index (χ3v) is 3.20. The lowest BCUT2D eigenvalue weighted by Crippen LogP contribution is -2.32. The van der Waals surface area contributed by atoms with Gasteiger partial charge in [0.2, 0.25) is 11.9 Å². The van der Waals surface area contributed by atoms with E-state index in [1.54, 1.807) is 22.5 Å². The van der Waals surface area contributed by atoms with Gasteiger partial charge in [-0.05, 0) is 13.0 Å². The van der Waals surface area contributed by atoms with Crippen molar-refractivity contribution in [3.05, 3.63) is 35.6 Å². The van der Waals surface area contributed by atoms with Crippen LogP contribution >= 0.6 is 0 Å². The predicted molar refractivity (Wildman–Crippen MR) is 66.9 cm³/mol. The predicted octanol–water partition coefficient (Wildman–Crippen LogP) is -0.214. The molecule has 2 aromatic heterocycles. The van der Waals surface area contributed by atoms with Crippen LogP contribution in [0.25, 0.3) is 0 Å². The van der Waals surface area contributed by atoms with Crippen molar-refractivity contribution in [1.82, 2.24) is 24.5 Å². The maximum atomic E-state index is 11.7. The molecule has 0 spiro atoms. The molecule has 19 heavy (non-hydrogen) atoms. The van der Waals surface area contributed by atoms with Crippen LogP contribution in [0.15, 0.2) is 29.9 Å². The smallest absolute Gasteiger partial charge is 0.248 e. The van der Waals surface area contributed by atoms with Gasteiger partial charge in [0, 0.05) is 18.9 Å². The Bertz CT molecular complexity index is 681.